The summed E-state index contributed by atoms with van der Waals surface area (Å²) in [5.41, 5.74) is 0.426. The first-order chi connectivity index (χ1) is 13.9. The Hall–Kier alpha value is -3.12. The number of rotatable bonds is 3. The largest absolute Gasteiger partial charge is 0.481 e. The fourth-order valence-electron chi connectivity index (χ4n) is 3.57. The number of carboxylic acid groups (broad SMARTS) is 2. The van der Waals surface area contributed by atoms with Gasteiger partial charge in [0, 0.05) is 42.8 Å². The van der Waals surface area contributed by atoms with E-state index in [0.717, 1.165) is 26.2 Å². The molecule has 0 saturated carbocycles. The fourth-order valence-corrected chi connectivity index (χ4v) is 3.57. The zero-order valence-electron chi connectivity index (χ0n) is 16.5. The predicted octanol–water partition coefficient (Wildman–Crippen LogP) is 3.30. The van der Waals surface area contributed by atoms with Crippen molar-refractivity contribution in [1.82, 2.24) is 5.32 Å². The molecule has 1 heterocycles. The number of aliphatic carboxylic acids is 2. The molecular formula is C23H26N2O4. The molecule has 1 atom stereocenters. The Morgan fingerprint density at radius 3 is 2.41 bits per heavy atom. The second kappa shape index (κ2) is 8.92. The van der Waals surface area contributed by atoms with E-state index in [0.29, 0.717) is 0 Å². The van der Waals surface area contributed by atoms with E-state index in [1.54, 1.807) is 0 Å². The summed E-state index contributed by atoms with van der Waals surface area (Å²) < 4.78 is 0. The number of piperazine rings is 1. The number of carboxylic acids is 2. The first kappa shape index (κ1) is 20.6. The standard InChI is InChI=1S/C14H16N2.C9H10O4/c1-2-6-13-12(4-1)5-3-7-14(13)16-10-8-15-9-11-16;1-9(8(12)13)4-2-3-6(5-9)7(10)11/h1-7,15H,8-11H2;2-4H,5H2,1H3,(H,10,11)(H,12,13)/t;9-/m.1/s1. The van der Waals surface area contributed by atoms with Crippen LogP contribution in [0.15, 0.2) is 66.3 Å². The maximum Gasteiger partial charge on any atom is 0.331 e. The quantitative estimate of drug-likeness (QED) is 0.740. The molecule has 1 aliphatic carbocycles. The van der Waals surface area contributed by atoms with E-state index in [4.69, 9.17) is 10.2 Å². The van der Waals surface area contributed by atoms with E-state index < -0.39 is 17.4 Å². The van der Waals surface area contributed by atoms with Crippen LogP contribution < -0.4 is 10.2 Å². The Labute approximate surface area is 170 Å². The second-order valence-electron chi connectivity index (χ2n) is 7.49. The average Bonchev–Trinajstić information content (AvgIpc) is 2.74. The zero-order valence-corrected chi connectivity index (χ0v) is 16.5. The first-order valence-electron chi connectivity index (χ1n) is 9.69. The molecule has 2 aromatic carbocycles. The highest BCUT2D eigenvalue weighted by molar-refractivity contribution is 5.94. The summed E-state index contributed by atoms with van der Waals surface area (Å²) in [5.74, 6) is -2.06. The third-order valence-electron chi connectivity index (χ3n) is 5.31. The third-order valence-corrected chi connectivity index (χ3v) is 5.31. The van der Waals surface area contributed by atoms with E-state index in [-0.39, 0.29) is 12.0 Å². The van der Waals surface area contributed by atoms with Gasteiger partial charge in [-0.05, 0) is 24.8 Å². The van der Waals surface area contributed by atoms with Gasteiger partial charge in [-0.1, -0.05) is 54.6 Å². The molecule has 6 nitrogen and oxygen atoms in total. The molecule has 0 bridgehead atoms. The second-order valence-corrected chi connectivity index (χ2v) is 7.49. The van der Waals surface area contributed by atoms with E-state index in [1.165, 1.54) is 41.6 Å². The van der Waals surface area contributed by atoms with Gasteiger partial charge in [0.25, 0.3) is 0 Å². The van der Waals surface area contributed by atoms with Gasteiger partial charge in [0.1, 0.15) is 0 Å². The van der Waals surface area contributed by atoms with Gasteiger partial charge in [-0.15, -0.1) is 0 Å². The number of allylic oxidation sites excluding steroid dienone is 2. The number of hydrogen-bond acceptors (Lipinski definition) is 4. The summed E-state index contributed by atoms with van der Waals surface area (Å²) in [6.45, 7) is 5.89. The molecule has 29 heavy (non-hydrogen) atoms. The summed E-state index contributed by atoms with van der Waals surface area (Å²) in [6, 6.07) is 15.2. The monoisotopic (exact) mass is 394 g/mol. The van der Waals surface area contributed by atoms with Crippen molar-refractivity contribution in [2.45, 2.75) is 13.3 Å². The van der Waals surface area contributed by atoms with Crippen LogP contribution in [0, 0.1) is 5.41 Å². The number of hydrogen-bond donors (Lipinski definition) is 3. The van der Waals surface area contributed by atoms with Crippen LogP contribution in [0.5, 0.6) is 0 Å². The Balaban J connectivity index is 0.000000170. The van der Waals surface area contributed by atoms with Crippen LogP contribution in [0.25, 0.3) is 10.8 Å². The van der Waals surface area contributed by atoms with Gasteiger partial charge in [-0.2, -0.15) is 0 Å². The number of carbonyl (C=O) groups is 2. The summed E-state index contributed by atoms with van der Waals surface area (Å²) in [5, 5.41) is 23.6. The lowest BCUT2D eigenvalue weighted by Crippen LogP contribution is -2.43. The molecule has 0 amide bonds. The minimum atomic E-state index is -1.08. The summed E-state index contributed by atoms with van der Waals surface area (Å²) in [6.07, 6.45) is 4.43. The normalized spacial score (nSPS) is 21.1. The minimum Gasteiger partial charge on any atom is -0.481 e. The van der Waals surface area contributed by atoms with Gasteiger partial charge in [-0.3, -0.25) is 4.79 Å². The molecule has 1 saturated heterocycles. The van der Waals surface area contributed by atoms with E-state index in [2.05, 4.69) is 52.7 Å². The molecule has 0 spiro atoms. The summed E-state index contributed by atoms with van der Waals surface area (Å²) in [7, 11) is 0. The van der Waals surface area contributed by atoms with Crippen molar-refractivity contribution in [3.8, 4) is 0 Å². The number of fused-ring (bicyclic) bond motifs is 1. The molecule has 0 unspecified atom stereocenters. The fraction of sp³-hybridized carbons (Fsp3) is 0.304. The van der Waals surface area contributed by atoms with Crippen molar-refractivity contribution < 1.29 is 19.8 Å². The molecule has 0 aromatic heterocycles. The highest BCUT2D eigenvalue weighted by Gasteiger charge is 2.34. The molecule has 3 N–H and O–H groups in total. The van der Waals surface area contributed by atoms with Crippen LogP contribution in [0.2, 0.25) is 0 Å². The Bertz CT molecular complexity index is 955. The van der Waals surface area contributed by atoms with Crippen LogP contribution in [-0.4, -0.2) is 48.3 Å². The topological polar surface area (TPSA) is 89.9 Å². The van der Waals surface area contributed by atoms with E-state index in [1.807, 2.05) is 0 Å². The molecule has 6 heteroatoms. The molecule has 4 rings (SSSR count). The Kier molecular flexibility index (Phi) is 6.34. The van der Waals surface area contributed by atoms with Gasteiger partial charge in [0.05, 0.1) is 5.41 Å². The lowest BCUT2D eigenvalue weighted by atomic mass is 9.80. The molecule has 1 fully saturated rings. The lowest BCUT2D eigenvalue weighted by Gasteiger charge is -2.30. The van der Waals surface area contributed by atoms with Crippen LogP contribution >= 0.6 is 0 Å². The zero-order chi connectivity index (χ0) is 20.9. The van der Waals surface area contributed by atoms with Gasteiger partial charge in [-0.25, -0.2) is 4.79 Å². The maximum atomic E-state index is 10.8. The van der Waals surface area contributed by atoms with Crippen molar-refractivity contribution in [1.29, 1.82) is 0 Å². The van der Waals surface area contributed by atoms with E-state index >= 15 is 0 Å². The molecule has 2 aromatic rings. The van der Waals surface area contributed by atoms with Gasteiger partial charge < -0.3 is 20.4 Å². The first-order valence-corrected chi connectivity index (χ1v) is 9.69. The van der Waals surface area contributed by atoms with E-state index in [9.17, 15) is 9.59 Å². The maximum absolute atomic E-state index is 10.8. The molecule has 152 valence electrons. The number of anilines is 1. The van der Waals surface area contributed by atoms with Crippen molar-refractivity contribution in [3.63, 3.8) is 0 Å². The van der Waals surface area contributed by atoms with Crippen LogP contribution in [0.1, 0.15) is 13.3 Å². The van der Waals surface area contributed by atoms with Crippen LogP contribution in [0.3, 0.4) is 0 Å². The summed E-state index contributed by atoms with van der Waals surface area (Å²) in [4.78, 5) is 23.8. The average molecular weight is 394 g/mol. The highest BCUT2D eigenvalue weighted by Crippen LogP contribution is 2.31. The third kappa shape index (κ3) is 4.84. The van der Waals surface area contributed by atoms with Crippen molar-refractivity contribution in [2.24, 2.45) is 5.41 Å². The van der Waals surface area contributed by atoms with Gasteiger partial charge >= 0.3 is 11.9 Å². The van der Waals surface area contributed by atoms with Crippen molar-refractivity contribution in [3.05, 3.63) is 66.3 Å². The smallest absolute Gasteiger partial charge is 0.331 e. The van der Waals surface area contributed by atoms with Crippen LogP contribution in [0.4, 0.5) is 5.69 Å². The SMILES string of the molecule is C[C@@]1(C(=O)O)C=CC=C(C(=O)O)C1.c1ccc2c(N3CCNCC3)cccc2c1. The minimum absolute atomic E-state index is 0.0359. The lowest BCUT2D eigenvalue weighted by molar-refractivity contribution is -0.145. The molecule has 2 aliphatic rings. The van der Waals surface area contributed by atoms with Crippen LogP contribution in [-0.2, 0) is 9.59 Å². The Morgan fingerprint density at radius 1 is 1.03 bits per heavy atom. The molecule has 0 radical (unpaired) electrons. The van der Waals surface area contributed by atoms with Crippen molar-refractivity contribution in [2.75, 3.05) is 31.1 Å². The van der Waals surface area contributed by atoms with Crippen molar-refractivity contribution >= 4 is 28.4 Å². The number of benzene rings is 2. The molecule has 1 aliphatic heterocycles. The summed E-state index contributed by atoms with van der Waals surface area (Å²) >= 11 is 0. The van der Waals surface area contributed by atoms with Gasteiger partial charge in [0.15, 0.2) is 0 Å². The van der Waals surface area contributed by atoms with Gasteiger partial charge in [0.2, 0.25) is 0 Å². The number of nitrogens with zero attached hydrogens (tertiary/aromatic N) is 1. The number of nitrogens with one attached hydrogen (secondary N) is 1. The Morgan fingerprint density at radius 2 is 1.72 bits per heavy atom. The highest BCUT2D eigenvalue weighted by atomic mass is 16.4. The molecular weight excluding hydrogens is 368 g/mol. The predicted molar refractivity (Wildman–Crippen MR) is 114 cm³/mol.